The zero-order chi connectivity index (χ0) is 24.5. The largest absolute Gasteiger partial charge is 0.341 e. The predicted octanol–water partition coefficient (Wildman–Crippen LogP) is 5.21. The van der Waals surface area contributed by atoms with E-state index in [1.807, 2.05) is 72.5 Å². The third-order valence-corrected chi connectivity index (χ3v) is 6.94. The number of fused-ring (bicyclic) bond motifs is 1. The van der Waals surface area contributed by atoms with Crippen molar-refractivity contribution in [1.29, 1.82) is 0 Å². The van der Waals surface area contributed by atoms with Crippen molar-refractivity contribution < 1.29 is 4.79 Å². The molecule has 6 heteroatoms. The maximum absolute atomic E-state index is 13.4. The standard InChI is InChI=1S/C29H31N3O2S/c1-2-19-32-28(34)25-15-9-10-16-26(25)30-29(32)35-22-27(33)31(20-17-23-11-5-3-6-12-23)21-18-24-13-7-4-8-14-24/h3-16H,2,17-22H2,1H3. The van der Waals surface area contributed by atoms with Crippen molar-refractivity contribution in [2.75, 3.05) is 18.8 Å². The average molecular weight is 486 g/mol. The van der Waals surface area contributed by atoms with Gasteiger partial charge in [0.25, 0.3) is 5.56 Å². The number of thioether (sulfide) groups is 1. The van der Waals surface area contributed by atoms with Crippen LogP contribution in [-0.4, -0.2) is 39.2 Å². The average Bonchev–Trinajstić information content (AvgIpc) is 2.90. The van der Waals surface area contributed by atoms with Crippen LogP contribution in [0.5, 0.6) is 0 Å². The SMILES string of the molecule is CCCn1c(SCC(=O)N(CCc2ccccc2)CCc2ccccc2)nc2ccccc2c1=O. The first-order valence-corrected chi connectivity index (χ1v) is 13.1. The third kappa shape index (κ3) is 6.61. The summed E-state index contributed by atoms with van der Waals surface area (Å²) in [5.74, 6) is 0.310. The second-order valence-electron chi connectivity index (χ2n) is 8.51. The highest BCUT2D eigenvalue weighted by Crippen LogP contribution is 2.19. The molecule has 4 aromatic rings. The van der Waals surface area contributed by atoms with Crippen molar-refractivity contribution in [2.24, 2.45) is 0 Å². The number of benzene rings is 3. The van der Waals surface area contributed by atoms with Crippen molar-refractivity contribution in [3.63, 3.8) is 0 Å². The lowest BCUT2D eigenvalue weighted by molar-refractivity contribution is -0.128. The minimum Gasteiger partial charge on any atom is -0.341 e. The molecule has 0 saturated heterocycles. The highest BCUT2D eigenvalue weighted by atomic mass is 32.2. The van der Waals surface area contributed by atoms with Gasteiger partial charge < -0.3 is 4.90 Å². The van der Waals surface area contributed by atoms with Crippen molar-refractivity contribution in [1.82, 2.24) is 14.5 Å². The number of hydrogen-bond acceptors (Lipinski definition) is 4. The molecule has 0 atom stereocenters. The summed E-state index contributed by atoms with van der Waals surface area (Å²) < 4.78 is 1.71. The van der Waals surface area contributed by atoms with E-state index in [1.165, 1.54) is 22.9 Å². The van der Waals surface area contributed by atoms with E-state index in [2.05, 4.69) is 24.3 Å². The van der Waals surface area contributed by atoms with Gasteiger partial charge in [-0.3, -0.25) is 14.2 Å². The van der Waals surface area contributed by atoms with E-state index in [4.69, 9.17) is 4.98 Å². The second kappa shape index (κ2) is 12.4. The molecule has 0 aliphatic carbocycles. The summed E-state index contributed by atoms with van der Waals surface area (Å²) in [5.41, 5.74) is 3.05. The summed E-state index contributed by atoms with van der Waals surface area (Å²) in [7, 11) is 0. The molecule has 0 bridgehead atoms. The molecule has 3 aromatic carbocycles. The molecular weight excluding hydrogens is 454 g/mol. The van der Waals surface area contributed by atoms with Crippen LogP contribution >= 0.6 is 11.8 Å². The number of carbonyl (C=O) groups excluding carboxylic acids is 1. The number of carbonyl (C=O) groups is 1. The first kappa shape index (κ1) is 24.7. The molecule has 35 heavy (non-hydrogen) atoms. The Morgan fingerprint density at radius 3 is 2.03 bits per heavy atom. The Bertz CT molecular complexity index is 1260. The summed E-state index contributed by atoms with van der Waals surface area (Å²) >= 11 is 1.36. The molecular formula is C29H31N3O2S. The van der Waals surface area contributed by atoms with E-state index >= 15 is 0 Å². The summed E-state index contributed by atoms with van der Waals surface area (Å²) in [4.78, 5) is 33.1. The molecule has 1 aromatic heterocycles. The molecule has 0 saturated carbocycles. The maximum atomic E-state index is 13.4. The van der Waals surface area contributed by atoms with Gasteiger partial charge in [-0.2, -0.15) is 0 Å². The van der Waals surface area contributed by atoms with Crippen LogP contribution in [0, 0.1) is 0 Å². The van der Waals surface area contributed by atoms with Crippen LogP contribution in [0.3, 0.4) is 0 Å². The second-order valence-corrected chi connectivity index (χ2v) is 9.45. The first-order valence-electron chi connectivity index (χ1n) is 12.1. The number of para-hydroxylation sites is 1. The fourth-order valence-corrected chi connectivity index (χ4v) is 5.00. The summed E-state index contributed by atoms with van der Waals surface area (Å²) in [6, 6.07) is 27.9. The molecule has 180 valence electrons. The normalized spacial score (nSPS) is 11.0. The minimum absolute atomic E-state index is 0.0441. The van der Waals surface area contributed by atoms with Crippen LogP contribution in [0.1, 0.15) is 24.5 Å². The van der Waals surface area contributed by atoms with E-state index in [0.717, 1.165) is 19.3 Å². The quantitative estimate of drug-likeness (QED) is 0.216. The smallest absolute Gasteiger partial charge is 0.262 e. The molecule has 5 nitrogen and oxygen atoms in total. The van der Waals surface area contributed by atoms with Crippen LogP contribution in [0.25, 0.3) is 10.9 Å². The minimum atomic E-state index is -0.0441. The number of nitrogens with zero attached hydrogens (tertiary/aromatic N) is 3. The number of hydrogen-bond donors (Lipinski definition) is 0. The van der Waals surface area contributed by atoms with E-state index < -0.39 is 0 Å². The lowest BCUT2D eigenvalue weighted by atomic mass is 10.1. The summed E-state index contributed by atoms with van der Waals surface area (Å²) in [5, 5.41) is 1.22. The molecule has 0 spiro atoms. The molecule has 4 rings (SSSR count). The zero-order valence-electron chi connectivity index (χ0n) is 20.1. The lowest BCUT2D eigenvalue weighted by Crippen LogP contribution is -2.36. The van der Waals surface area contributed by atoms with E-state index in [-0.39, 0.29) is 17.2 Å². The molecule has 0 unspecified atom stereocenters. The third-order valence-electron chi connectivity index (χ3n) is 5.98. The monoisotopic (exact) mass is 485 g/mol. The lowest BCUT2D eigenvalue weighted by Gasteiger charge is -2.23. The highest BCUT2D eigenvalue weighted by Gasteiger charge is 2.17. The Morgan fingerprint density at radius 1 is 0.857 bits per heavy atom. The fourth-order valence-electron chi connectivity index (χ4n) is 4.07. The van der Waals surface area contributed by atoms with E-state index in [0.29, 0.717) is 35.7 Å². The Labute approximate surface area is 210 Å². The van der Waals surface area contributed by atoms with Crippen molar-refractivity contribution in [2.45, 2.75) is 37.9 Å². The molecule has 0 radical (unpaired) electrons. The van der Waals surface area contributed by atoms with Gasteiger partial charge in [-0.1, -0.05) is 91.5 Å². The van der Waals surface area contributed by atoms with Gasteiger partial charge in [-0.25, -0.2) is 4.98 Å². The van der Waals surface area contributed by atoms with Crippen LogP contribution < -0.4 is 5.56 Å². The highest BCUT2D eigenvalue weighted by molar-refractivity contribution is 7.99. The van der Waals surface area contributed by atoms with Crippen LogP contribution in [0.4, 0.5) is 0 Å². The van der Waals surface area contributed by atoms with Gasteiger partial charge in [0, 0.05) is 19.6 Å². The van der Waals surface area contributed by atoms with Gasteiger partial charge in [-0.05, 0) is 42.5 Å². The van der Waals surface area contributed by atoms with Crippen molar-refractivity contribution >= 4 is 28.6 Å². The molecule has 0 aliphatic rings. The molecule has 1 amide bonds. The summed E-state index contributed by atoms with van der Waals surface area (Å²) in [6.45, 7) is 3.93. The number of rotatable bonds is 11. The van der Waals surface area contributed by atoms with Gasteiger partial charge in [-0.15, -0.1) is 0 Å². The Hall–Kier alpha value is -3.38. The Kier molecular flexibility index (Phi) is 8.74. The topological polar surface area (TPSA) is 55.2 Å². The van der Waals surface area contributed by atoms with Crippen molar-refractivity contribution in [3.8, 4) is 0 Å². The van der Waals surface area contributed by atoms with Gasteiger partial charge in [0.05, 0.1) is 16.7 Å². The van der Waals surface area contributed by atoms with Gasteiger partial charge in [0.1, 0.15) is 0 Å². The Morgan fingerprint density at radius 2 is 1.43 bits per heavy atom. The Balaban J connectivity index is 1.50. The van der Waals surface area contributed by atoms with Crippen LogP contribution in [-0.2, 0) is 24.2 Å². The molecule has 0 fully saturated rings. The van der Waals surface area contributed by atoms with E-state index in [9.17, 15) is 9.59 Å². The molecule has 0 aliphatic heterocycles. The maximum Gasteiger partial charge on any atom is 0.262 e. The summed E-state index contributed by atoms with van der Waals surface area (Å²) in [6.07, 6.45) is 2.43. The van der Waals surface area contributed by atoms with Crippen molar-refractivity contribution in [3.05, 3.63) is 106 Å². The fraction of sp³-hybridized carbons (Fsp3) is 0.276. The number of amides is 1. The van der Waals surface area contributed by atoms with E-state index in [1.54, 1.807) is 4.57 Å². The number of aromatic nitrogens is 2. The zero-order valence-corrected chi connectivity index (χ0v) is 20.9. The van der Waals surface area contributed by atoms with Crippen LogP contribution in [0.2, 0.25) is 0 Å². The van der Waals surface area contributed by atoms with Gasteiger partial charge in [0.15, 0.2) is 5.16 Å². The predicted molar refractivity (Wildman–Crippen MR) is 144 cm³/mol. The van der Waals surface area contributed by atoms with Gasteiger partial charge >= 0.3 is 0 Å². The van der Waals surface area contributed by atoms with Crippen LogP contribution in [0.15, 0.2) is 94.9 Å². The first-order chi connectivity index (χ1) is 17.2. The molecule has 0 N–H and O–H groups in total. The van der Waals surface area contributed by atoms with Gasteiger partial charge in [0.2, 0.25) is 5.91 Å². The molecule has 1 heterocycles.